The van der Waals surface area contributed by atoms with E-state index in [2.05, 4.69) is 203 Å². The number of nitrogens with zero attached hydrogens (tertiary/aromatic N) is 1. The molecule has 5 heteroatoms. The van der Waals surface area contributed by atoms with E-state index in [1.54, 1.807) is 0 Å². The number of hydrogen-bond acceptors (Lipinski definition) is 4. The molecule has 0 unspecified atom stereocenters. The van der Waals surface area contributed by atoms with Crippen LogP contribution in [0.4, 0.5) is 28.4 Å². The third-order valence-corrected chi connectivity index (χ3v) is 17.0. The number of hydrogen-bond donors (Lipinski definition) is 1. The maximum atomic E-state index is 7.05. The van der Waals surface area contributed by atoms with Crippen LogP contribution in [0.25, 0.3) is 54.3 Å². The molecule has 312 valence electrons. The molecule has 0 radical (unpaired) electrons. The number of benzene rings is 8. The van der Waals surface area contributed by atoms with E-state index in [0.717, 1.165) is 41.6 Å². The molecule has 0 saturated carbocycles. The van der Waals surface area contributed by atoms with Gasteiger partial charge in [0.2, 0.25) is 7.28 Å². The second-order valence-corrected chi connectivity index (χ2v) is 21.4. The summed E-state index contributed by atoms with van der Waals surface area (Å²) < 4.78 is 9.75. The molecule has 0 saturated heterocycles. The number of fused-ring (bicyclic) bond motifs is 17. The van der Waals surface area contributed by atoms with E-state index in [4.69, 9.17) is 4.42 Å². The Morgan fingerprint density at radius 2 is 1.18 bits per heavy atom. The smallest absolute Gasteiger partial charge is 0.211 e. The van der Waals surface area contributed by atoms with Crippen LogP contribution in [0, 0.1) is 6.92 Å². The molecule has 0 atom stereocenters. The SMILES string of the molecule is Cc1cc2c(cc1N1c3cc4oc5ccccc5c4c(-c4cccc5c4Nc4ccccc4C54c5ccccc5-c5ccccc54)c3Bc3sc4ccccc4c31)C(C)(C)CCC2(C)C. The van der Waals surface area contributed by atoms with Crippen LogP contribution < -0.4 is 20.5 Å². The first-order chi connectivity index (χ1) is 31.6. The zero-order chi connectivity index (χ0) is 43.6. The molecule has 1 spiro atoms. The number of anilines is 5. The van der Waals surface area contributed by atoms with E-state index >= 15 is 0 Å². The predicted octanol–water partition coefficient (Wildman–Crippen LogP) is 14.7. The lowest BCUT2D eigenvalue weighted by Gasteiger charge is -2.43. The highest BCUT2D eigenvalue weighted by Gasteiger charge is 2.51. The van der Waals surface area contributed by atoms with Gasteiger partial charge in [0.15, 0.2) is 0 Å². The molecule has 2 aliphatic heterocycles. The molecule has 4 heterocycles. The Morgan fingerprint density at radius 3 is 1.95 bits per heavy atom. The first kappa shape index (κ1) is 37.5. The van der Waals surface area contributed by atoms with Gasteiger partial charge in [0.25, 0.3) is 0 Å². The highest BCUT2D eigenvalue weighted by atomic mass is 32.1. The normalized spacial score (nSPS) is 16.5. The number of aryl methyl sites for hydroxylation is 1. The van der Waals surface area contributed by atoms with Crippen molar-refractivity contribution in [3.63, 3.8) is 0 Å². The second kappa shape index (κ2) is 12.9. The first-order valence-electron chi connectivity index (χ1n) is 23.3. The number of thiophene rings is 1. The monoisotopic (exact) mass is 854 g/mol. The van der Waals surface area contributed by atoms with Crippen LogP contribution >= 0.6 is 11.3 Å². The summed E-state index contributed by atoms with van der Waals surface area (Å²) in [5.74, 6) is 0. The van der Waals surface area contributed by atoms with Crippen molar-refractivity contribution in [2.75, 3.05) is 10.2 Å². The summed E-state index contributed by atoms with van der Waals surface area (Å²) in [6.07, 6.45) is 2.34. The van der Waals surface area contributed by atoms with Crippen molar-refractivity contribution in [2.45, 2.75) is 63.7 Å². The summed E-state index contributed by atoms with van der Waals surface area (Å²) in [6, 6.07) is 59.4. The van der Waals surface area contributed by atoms with E-state index in [1.165, 1.54) is 110 Å². The Morgan fingerprint density at radius 1 is 0.569 bits per heavy atom. The van der Waals surface area contributed by atoms with Gasteiger partial charge in [0.1, 0.15) is 11.2 Å². The standard InChI is InChI=1S/C60H47BN2OS/c1-34-31-44-45(59(4,5)30-29-58(44,2)3)32-47(34)63-48-33-50-52(37-19-8-14-27-49(37)64-50)53(54(48)61-57-56(63)38-20-9-15-28-51(38)65-57)39-21-16-25-43-55(39)62-46-26-13-12-24-42(46)60(43)40-22-10-6-17-35(40)36-18-7-11-23-41(36)60/h6-28,31-33,61-62H,29-30H2,1-5H3. The van der Waals surface area contributed by atoms with Gasteiger partial charge in [-0.1, -0.05) is 155 Å². The lowest BCUT2D eigenvalue weighted by molar-refractivity contribution is 0.332. The number of para-hydroxylation sites is 3. The molecule has 0 bridgehead atoms. The highest BCUT2D eigenvalue weighted by Crippen LogP contribution is 2.62. The van der Waals surface area contributed by atoms with Crippen molar-refractivity contribution < 1.29 is 4.42 Å². The molecule has 3 nitrogen and oxygen atoms in total. The van der Waals surface area contributed by atoms with E-state index in [-0.39, 0.29) is 10.8 Å². The van der Waals surface area contributed by atoms with Crippen molar-refractivity contribution >= 4 is 89.3 Å². The Hall–Kier alpha value is -6.82. The lowest BCUT2D eigenvalue weighted by atomic mass is 9.60. The molecular formula is C60H47BN2OS. The second-order valence-electron chi connectivity index (χ2n) is 20.3. The average Bonchev–Trinajstić information content (AvgIpc) is 3.98. The van der Waals surface area contributed by atoms with Crippen molar-refractivity contribution in [3.05, 3.63) is 197 Å². The topological polar surface area (TPSA) is 28.4 Å². The van der Waals surface area contributed by atoms with Crippen molar-refractivity contribution in [1.29, 1.82) is 0 Å². The highest BCUT2D eigenvalue weighted by molar-refractivity contribution is 7.29. The maximum absolute atomic E-state index is 7.05. The molecule has 2 aliphatic carbocycles. The molecule has 1 N–H and O–H groups in total. The van der Waals surface area contributed by atoms with Crippen molar-refractivity contribution in [3.8, 4) is 22.3 Å². The summed E-state index contributed by atoms with van der Waals surface area (Å²) in [7, 11) is 0.810. The van der Waals surface area contributed by atoms with Gasteiger partial charge >= 0.3 is 0 Å². The van der Waals surface area contributed by atoms with Crippen LogP contribution in [-0.4, -0.2) is 7.28 Å². The molecule has 65 heavy (non-hydrogen) atoms. The van der Waals surface area contributed by atoms with E-state index in [9.17, 15) is 0 Å². The fourth-order valence-electron chi connectivity index (χ4n) is 12.7. The van der Waals surface area contributed by atoms with Gasteiger partial charge in [0.05, 0.1) is 16.8 Å². The van der Waals surface area contributed by atoms with E-state index in [0.29, 0.717) is 0 Å². The van der Waals surface area contributed by atoms with Gasteiger partial charge in [-0.3, -0.25) is 0 Å². The summed E-state index contributed by atoms with van der Waals surface area (Å²) in [5, 5.41) is 7.75. The predicted molar refractivity (Wildman–Crippen MR) is 276 cm³/mol. The van der Waals surface area contributed by atoms with Gasteiger partial charge in [-0.25, -0.2) is 0 Å². The molecule has 2 aromatic heterocycles. The number of nitrogens with one attached hydrogen (secondary N) is 1. The lowest BCUT2D eigenvalue weighted by Crippen LogP contribution is -2.40. The van der Waals surface area contributed by atoms with Crippen LogP contribution in [0.1, 0.15) is 79.5 Å². The Bertz CT molecular complexity index is 3670. The minimum Gasteiger partial charge on any atom is -0.456 e. The van der Waals surface area contributed by atoms with Gasteiger partial charge < -0.3 is 14.6 Å². The van der Waals surface area contributed by atoms with Gasteiger partial charge in [-0.05, 0) is 121 Å². The molecule has 10 aromatic rings. The molecule has 8 aromatic carbocycles. The first-order valence-corrected chi connectivity index (χ1v) is 24.1. The van der Waals surface area contributed by atoms with Gasteiger partial charge in [-0.2, -0.15) is 0 Å². The Balaban J connectivity index is 1.12. The van der Waals surface area contributed by atoms with Crippen LogP contribution in [0.2, 0.25) is 0 Å². The third kappa shape index (κ3) is 4.87. The molecule has 0 fully saturated rings. The summed E-state index contributed by atoms with van der Waals surface area (Å²) in [4.78, 5) is 2.64. The molecule has 14 rings (SSSR count). The van der Waals surface area contributed by atoms with E-state index < -0.39 is 5.41 Å². The van der Waals surface area contributed by atoms with Crippen LogP contribution in [0.15, 0.2) is 162 Å². The molecule has 0 amide bonds. The minimum atomic E-state index is -0.516. The van der Waals surface area contributed by atoms with Crippen LogP contribution in [0.3, 0.4) is 0 Å². The van der Waals surface area contributed by atoms with Crippen molar-refractivity contribution in [1.82, 2.24) is 0 Å². The van der Waals surface area contributed by atoms with E-state index in [1.807, 2.05) is 11.3 Å². The summed E-state index contributed by atoms with van der Waals surface area (Å²) in [6.45, 7) is 12.1. The van der Waals surface area contributed by atoms with Crippen molar-refractivity contribution in [2.24, 2.45) is 0 Å². The minimum absolute atomic E-state index is 0.0534. The Labute approximate surface area is 384 Å². The maximum Gasteiger partial charge on any atom is 0.211 e. The fourth-order valence-corrected chi connectivity index (χ4v) is 13.9. The fraction of sp³-hybridized carbons (Fsp3) is 0.167. The molecular weight excluding hydrogens is 808 g/mol. The van der Waals surface area contributed by atoms with Crippen LogP contribution in [0.5, 0.6) is 0 Å². The summed E-state index contributed by atoms with van der Waals surface area (Å²) >= 11 is 1.95. The average molecular weight is 855 g/mol. The largest absolute Gasteiger partial charge is 0.456 e. The Kier molecular flexibility index (Phi) is 7.47. The zero-order valence-corrected chi connectivity index (χ0v) is 38.2. The van der Waals surface area contributed by atoms with Gasteiger partial charge in [-0.15, -0.1) is 11.3 Å². The van der Waals surface area contributed by atoms with Gasteiger partial charge in [0, 0.05) is 49.6 Å². The number of furan rings is 1. The third-order valence-electron chi connectivity index (χ3n) is 15.9. The number of rotatable bonds is 2. The summed E-state index contributed by atoms with van der Waals surface area (Å²) in [5.41, 5.74) is 23.3. The zero-order valence-electron chi connectivity index (χ0n) is 37.4. The van der Waals surface area contributed by atoms with Crippen LogP contribution in [-0.2, 0) is 16.2 Å². The molecule has 4 aliphatic rings. The quantitative estimate of drug-likeness (QED) is 0.176.